The summed E-state index contributed by atoms with van der Waals surface area (Å²) in [6.07, 6.45) is 1.20. The molecule has 2 rings (SSSR count). The summed E-state index contributed by atoms with van der Waals surface area (Å²) in [4.78, 5) is 15.7. The summed E-state index contributed by atoms with van der Waals surface area (Å²) in [7, 11) is -4.53. The normalized spacial score (nSPS) is 11.5. The molecule has 1 heterocycles. The second-order valence-corrected chi connectivity index (χ2v) is 5.87. The highest BCUT2D eigenvalue weighted by Gasteiger charge is 2.10. The van der Waals surface area contributed by atoms with Crippen LogP contribution in [0, 0.1) is 5.82 Å². The summed E-state index contributed by atoms with van der Waals surface area (Å²) < 4.78 is 46.3. The Labute approximate surface area is 120 Å². The fourth-order valence-corrected chi connectivity index (χ4v) is 2.29. The average molecular weight is 314 g/mol. The number of para-hydroxylation sites is 1. The molecule has 0 unspecified atom stereocenters. The van der Waals surface area contributed by atoms with Crippen LogP contribution >= 0.6 is 0 Å². The van der Waals surface area contributed by atoms with Crippen molar-refractivity contribution in [3.05, 3.63) is 41.8 Å². The van der Waals surface area contributed by atoms with Gasteiger partial charge in [-0.3, -0.25) is 9.78 Å². The number of rotatable bonds is 5. The van der Waals surface area contributed by atoms with E-state index in [0.29, 0.717) is 5.39 Å². The number of hydrogen-bond acceptors (Lipinski definition) is 4. The molecule has 112 valence electrons. The number of carbonyl (C=O) groups excluding carboxylic acids is 1. The molecular formula is C13H12F2N2O3S. The molecular weight excluding hydrogens is 302 g/mol. The van der Waals surface area contributed by atoms with Crippen molar-refractivity contribution in [2.24, 2.45) is 0 Å². The Morgan fingerprint density at radius 2 is 2.10 bits per heavy atom. The van der Waals surface area contributed by atoms with Crippen molar-refractivity contribution in [3.8, 4) is 0 Å². The van der Waals surface area contributed by atoms with Crippen molar-refractivity contribution in [1.82, 2.24) is 10.3 Å². The maximum Gasteiger partial charge on any atom is 0.302 e. The number of aromatic nitrogens is 1. The Morgan fingerprint density at radius 1 is 1.33 bits per heavy atom. The lowest BCUT2D eigenvalue weighted by atomic mass is 10.1. The zero-order valence-electron chi connectivity index (χ0n) is 10.8. The molecule has 5 nitrogen and oxygen atoms in total. The SMILES string of the molecule is O=C(NCCCS(=O)(=O)F)c1cnc2c(F)cccc2c1. The van der Waals surface area contributed by atoms with E-state index < -0.39 is 27.7 Å². The van der Waals surface area contributed by atoms with Crippen LogP contribution in [0.15, 0.2) is 30.5 Å². The summed E-state index contributed by atoms with van der Waals surface area (Å²) in [6.45, 7) is 0.0170. The van der Waals surface area contributed by atoms with Gasteiger partial charge in [-0.25, -0.2) is 4.39 Å². The zero-order valence-corrected chi connectivity index (χ0v) is 11.7. The van der Waals surface area contributed by atoms with Crippen molar-refractivity contribution in [2.45, 2.75) is 6.42 Å². The standard InChI is InChI=1S/C13H12F2N2O3S/c14-11-4-1-3-9-7-10(8-17-12(9)11)13(18)16-5-2-6-21(15,19)20/h1,3-4,7-8H,2,5-6H2,(H,16,18). The van der Waals surface area contributed by atoms with E-state index in [1.165, 1.54) is 24.4 Å². The summed E-state index contributed by atoms with van der Waals surface area (Å²) in [6, 6.07) is 5.88. The molecule has 1 aromatic carbocycles. The molecule has 0 bridgehead atoms. The molecule has 0 saturated carbocycles. The van der Waals surface area contributed by atoms with E-state index in [1.807, 2.05) is 0 Å². The van der Waals surface area contributed by atoms with Gasteiger partial charge in [0.2, 0.25) is 0 Å². The van der Waals surface area contributed by atoms with Crippen molar-refractivity contribution in [1.29, 1.82) is 0 Å². The molecule has 1 N–H and O–H groups in total. The van der Waals surface area contributed by atoms with Crippen LogP contribution in [0.1, 0.15) is 16.8 Å². The van der Waals surface area contributed by atoms with E-state index in [2.05, 4.69) is 10.3 Å². The van der Waals surface area contributed by atoms with Gasteiger partial charge < -0.3 is 5.32 Å². The van der Waals surface area contributed by atoms with Crippen molar-refractivity contribution >= 4 is 27.0 Å². The largest absolute Gasteiger partial charge is 0.352 e. The molecule has 0 saturated heterocycles. The number of carbonyl (C=O) groups is 1. The number of nitrogens with zero attached hydrogens (tertiary/aromatic N) is 1. The zero-order chi connectivity index (χ0) is 15.5. The molecule has 2 aromatic rings. The molecule has 0 aliphatic rings. The van der Waals surface area contributed by atoms with Gasteiger partial charge in [0.1, 0.15) is 11.3 Å². The molecule has 0 radical (unpaired) electrons. The van der Waals surface area contributed by atoms with Crippen LogP contribution in [0.2, 0.25) is 0 Å². The van der Waals surface area contributed by atoms with Crippen LogP contribution in [0.4, 0.5) is 8.28 Å². The van der Waals surface area contributed by atoms with E-state index in [1.54, 1.807) is 6.07 Å². The summed E-state index contributed by atoms with van der Waals surface area (Å²) >= 11 is 0. The average Bonchev–Trinajstić information content (AvgIpc) is 2.42. The second-order valence-electron chi connectivity index (χ2n) is 4.39. The second kappa shape index (κ2) is 6.13. The van der Waals surface area contributed by atoms with Gasteiger partial charge >= 0.3 is 10.2 Å². The first-order valence-corrected chi connectivity index (χ1v) is 7.67. The topological polar surface area (TPSA) is 76.1 Å². The van der Waals surface area contributed by atoms with Crippen LogP contribution < -0.4 is 5.32 Å². The summed E-state index contributed by atoms with van der Waals surface area (Å²) in [5.41, 5.74) is 0.383. The lowest BCUT2D eigenvalue weighted by molar-refractivity contribution is 0.0953. The Morgan fingerprint density at radius 3 is 2.81 bits per heavy atom. The van der Waals surface area contributed by atoms with Gasteiger partial charge in [0.05, 0.1) is 11.3 Å². The molecule has 1 amide bonds. The highest BCUT2D eigenvalue weighted by atomic mass is 32.3. The van der Waals surface area contributed by atoms with Gasteiger partial charge in [0, 0.05) is 18.1 Å². The number of nitrogens with one attached hydrogen (secondary N) is 1. The third-order valence-electron chi connectivity index (χ3n) is 2.77. The molecule has 0 fully saturated rings. The van der Waals surface area contributed by atoms with E-state index >= 15 is 0 Å². The number of pyridine rings is 1. The Balaban J connectivity index is 2.03. The monoisotopic (exact) mass is 314 g/mol. The summed E-state index contributed by atoms with van der Waals surface area (Å²) in [5.74, 6) is -1.61. The minimum atomic E-state index is -4.53. The number of amides is 1. The number of benzene rings is 1. The van der Waals surface area contributed by atoms with Crippen LogP contribution in [-0.4, -0.2) is 31.6 Å². The highest BCUT2D eigenvalue weighted by Crippen LogP contribution is 2.16. The number of hydrogen-bond donors (Lipinski definition) is 1. The number of fused-ring (bicyclic) bond motifs is 1. The molecule has 0 atom stereocenters. The minimum Gasteiger partial charge on any atom is -0.352 e. The first-order chi connectivity index (χ1) is 9.87. The van der Waals surface area contributed by atoms with Gasteiger partial charge in [-0.05, 0) is 18.6 Å². The fraction of sp³-hybridized carbons (Fsp3) is 0.231. The highest BCUT2D eigenvalue weighted by molar-refractivity contribution is 7.86. The van der Waals surface area contributed by atoms with Crippen molar-refractivity contribution < 1.29 is 21.5 Å². The maximum atomic E-state index is 13.4. The lowest BCUT2D eigenvalue weighted by Crippen LogP contribution is -2.25. The van der Waals surface area contributed by atoms with Gasteiger partial charge in [-0.15, -0.1) is 3.89 Å². The van der Waals surface area contributed by atoms with Crippen LogP contribution in [-0.2, 0) is 10.2 Å². The predicted octanol–water partition coefficient (Wildman–Crippen LogP) is 1.79. The third-order valence-corrected chi connectivity index (χ3v) is 3.55. The van der Waals surface area contributed by atoms with Gasteiger partial charge in [0.15, 0.2) is 0 Å². The predicted molar refractivity (Wildman–Crippen MR) is 73.5 cm³/mol. The van der Waals surface area contributed by atoms with Crippen LogP contribution in [0.5, 0.6) is 0 Å². The fourth-order valence-electron chi connectivity index (χ4n) is 1.80. The van der Waals surface area contributed by atoms with E-state index in [-0.39, 0.29) is 24.0 Å². The molecule has 0 aliphatic carbocycles. The van der Waals surface area contributed by atoms with E-state index in [4.69, 9.17) is 0 Å². The molecule has 8 heteroatoms. The first-order valence-electron chi connectivity index (χ1n) is 6.11. The van der Waals surface area contributed by atoms with Crippen molar-refractivity contribution in [3.63, 3.8) is 0 Å². The molecule has 0 aliphatic heterocycles. The van der Waals surface area contributed by atoms with E-state index in [0.717, 1.165) is 0 Å². The Bertz CT molecular complexity index is 778. The van der Waals surface area contributed by atoms with Crippen LogP contribution in [0.25, 0.3) is 10.9 Å². The minimum absolute atomic E-state index is 0.0170. The van der Waals surface area contributed by atoms with Gasteiger partial charge in [-0.2, -0.15) is 8.42 Å². The number of halogens is 2. The van der Waals surface area contributed by atoms with Crippen LogP contribution in [0.3, 0.4) is 0 Å². The maximum absolute atomic E-state index is 13.4. The molecule has 0 spiro atoms. The van der Waals surface area contributed by atoms with E-state index in [9.17, 15) is 21.5 Å². The lowest BCUT2D eigenvalue weighted by Gasteiger charge is -2.05. The smallest absolute Gasteiger partial charge is 0.302 e. The molecule has 21 heavy (non-hydrogen) atoms. The van der Waals surface area contributed by atoms with Gasteiger partial charge in [-0.1, -0.05) is 12.1 Å². The first kappa shape index (κ1) is 15.3. The summed E-state index contributed by atoms with van der Waals surface area (Å²) in [5, 5.41) is 2.93. The Hall–Kier alpha value is -2.09. The van der Waals surface area contributed by atoms with Gasteiger partial charge in [0.25, 0.3) is 5.91 Å². The quantitative estimate of drug-likeness (QED) is 0.674. The molecule has 1 aromatic heterocycles. The Kier molecular flexibility index (Phi) is 4.46. The van der Waals surface area contributed by atoms with Crippen molar-refractivity contribution in [2.75, 3.05) is 12.3 Å². The third kappa shape index (κ3) is 4.19.